The van der Waals surface area contributed by atoms with Crippen molar-refractivity contribution in [1.82, 2.24) is 16.0 Å². The van der Waals surface area contributed by atoms with Gasteiger partial charge in [0.05, 0.1) is 7.11 Å². The van der Waals surface area contributed by atoms with E-state index in [9.17, 15) is 4.79 Å². The quantitative estimate of drug-likeness (QED) is 0.332. The highest BCUT2D eigenvalue weighted by molar-refractivity contribution is 14.0. The molecule has 1 aliphatic carbocycles. The molecule has 3 N–H and O–H groups in total. The lowest BCUT2D eigenvalue weighted by molar-refractivity contribution is -0.119. The van der Waals surface area contributed by atoms with Gasteiger partial charge in [0.25, 0.3) is 0 Å². The molecule has 1 aliphatic rings. The third-order valence-corrected chi connectivity index (χ3v) is 4.07. The normalized spacial score (nSPS) is 14.6. The second-order valence-electron chi connectivity index (χ2n) is 5.95. The molecule has 1 fully saturated rings. The van der Waals surface area contributed by atoms with Gasteiger partial charge < -0.3 is 20.7 Å². The molecule has 0 bridgehead atoms. The summed E-state index contributed by atoms with van der Waals surface area (Å²) in [6, 6.07) is 8.12. The average molecular weight is 460 g/mol. The lowest BCUT2D eigenvalue weighted by Gasteiger charge is -2.16. The van der Waals surface area contributed by atoms with Crippen molar-refractivity contribution in [3.05, 3.63) is 29.8 Å². The van der Waals surface area contributed by atoms with Gasteiger partial charge in [-0.05, 0) is 37.5 Å². The highest BCUT2D eigenvalue weighted by Gasteiger charge is 2.15. The summed E-state index contributed by atoms with van der Waals surface area (Å²) in [5, 5.41) is 9.49. The Hall–Kier alpha value is -1.51. The van der Waals surface area contributed by atoms with Crippen LogP contribution < -0.4 is 20.7 Å². The van der Waals surface area contributed by atoms with Crippen LogP contribution in [0.25, 0.3) is 0 Å². The zero-order valence-corrected chi connectivity index (χ0v) is 17.3. The van der Waals surface area contributed by atoms with Crippen LogP contribution in [0, 0.1) is 0 Å². The number of nitrogens with zero attached hydrogens (tertiary/aromatic N) is 1. The number of carbonyl (C=O) groups excluding carboxylic acids is 1. The van der Waals surface area contributed by atoms with Gasteiger partial charge in [0.15, 0.2) is 5.96 Å². The molecule has 0 aliphatic heterocycles. The molecule has 0 unspecified atom stereocenters. The molecule has 1 amide bonds. The first kappa shape index (κ1) is 21.5. The third kappa shape index (κ3) is 7.94. The number of ether oxygens (including phenoxy) is 1. The molecular weight excluding hydrogens is 431 g/mol. The third-order valence-electron chi connectivity index (χ3n) is 4.07. The maximum atomic E-state index is 12.0. The fourth-order valence-corrected chi connectivity index (χ4v) is 2.73. The maximum Gasteiger partial charge on any atom is 0.242 e. The Balaban J connectivity index is 0.00000312. The largest absolute Gasteiger partial charge is 0.497 e. The van der Waals surface area contributed by atoms with E-state index in [0.717, 1.165) is 23.8 Å². The summed E-state index contributed by atoms with van der Waals surface area (Å²) >= 11 is 0. The van der Waals surface area contributed by atoms with E-state index >= 15 is 0 Å². The molecule has 25 heavy (non-hydrogen) atoms. The number of hydrogen-bond acceptors (Lipinski definition) is 3. The first-order chi connectivity index (χ1) is 11.7. The minimum absolute atomic E-state index is 0. The molecule has 0 atom stereocenters. The van der Waals surface area contributed by atoms with Gasteiger partial charge in [-0.2, -0.15) is 0 Å². The van der Waals surface area contributed by atoms with E-state index in [4.69, 9.17) is 4.74 Å². The number of halogens is 1. The molecular formula is C18H29IN4O2. The number of nitrogens with one attached hydrogen (secondary N) is 3. The number of hydrogen-bond donors (Lipinski definition) is 3. The molecule has 1 saturated carbocycles. The maximum absolute atomic E-state index is 12.0. The SMILES string of the molecule is CCNC(=NCC(=O)NCc1ccc(OC)cc1)NC1CCCC1.I. The summed E-state index contributed by atoms with van der Waals surface area (Å²) in [4.78, 5) is 16.4. The molecule has 0 aromatic heterocycles. The van der Waals surface area contributed by atoms with Crippen LogP contribution in [-0.2, 0) is 11.3 Å². The monoisotopic (exact) mass is 460 g/mol. The van der Waals surface area contributed by atoms with Crippen LogP contribution in [0.15, 0.2) is 29.3 Å². The van der Waals surface area contributed by atoms with Crippen LogP contribution in [0.2, 0.25) is 0 Å². The summed E-state index contributed by atoms with van der Waals surface area (Å²) in [6.07, 6.45) is 4.88. The zero-order valence-electron chi connectivity index (χ0n) is 15.0. The lowest BCUT2D eigenvalue weighted by Crippen LogP contribution is -2.43. The minimum atomic E-state index is -0.0885. The van der Waals surface area contributed by atoms with E-state index in [1.165, 1.54) is 25.7 Å². The standard InChI is InChI=1S/C18H28N4O2.HI/c1-3-19-18(22-15-6-4-5-7-15)21-13-17(23)20-12-14-8-10-16(24-2)11-9-14;/h8-11,15H,3-7,12-13H2,1-2H3,(H,20,23)(H2,19,21,22);1H. The van der Waals surface area contributed by atoms with Gasteiger partial charge in [0.1, 0.15) is 12.3 Å². The van der Waals surface area contributed by atoms with Crippen LogP contribution in [0.3, 0.4) is 0 Å². The number of amides is 1. The van der Waals surface area contributed by atoms with Crippen LogP contribution in [0.4, 0.5) is 0 Å². The van der Waals surface area contributed by atoms with Gasteiger partial charge in [0.2, 0.25) is 5.91 Å². The minimum Gasteiger partial charge on any atom is -0.497 e. The van der Waals surface area contributed by atoms with E-state index in [1.54, 1.807) is 7.11 Å². The summed E-state index contributed by atoms with van der Waals surface area (Å²) in [5.41, 5.74) is 1.03. The number of guanidine groups is 1. The van der Waals surface area contributed by atoms with Crippen LogP contribution in [0.1, 0.15) is 38.2 Å². The van der Waals surface area contributed by atoms with Crippen molar-refractivity contribution in [3.63, 3.8) is 0 Å². The molecule has 6 nitrogen and oxygen atoms in total. The van der Waals surface area contributed by atoms with E-state index in [0.29, 0.717) is 12.6 Å². The average Bonchev–Trinajstić information content (AvgIpc) is 3.11. The summed E-state index contributed by atoms with van der Waals surface area (Å²) in [7, 11) is 1.64. The molecule has 0 spiro atoms. The van der Waals surface area contributed by atoms with E-state index in [2.05, 4.69) is 20.9 Å². The highest BCUT2D eigenvalue weighted by Crippen LogP contribution is 2.17. The smallest absolute Gasteiger partial charge is 0.242 e. The Labute approximate surface area is 167 Å². The topological polar surface area (TPSA) is 74.8 Å². The molecule has 0 radical (unpaired) electrons. The molecule has 2 rings (SSSR count). The van der Waals surface area contributed by atoms with Crippen LogP contribution in [0.5, 0.6) is 5.75 Å². The Morgan fingerprint density at radius 2 is 1.88 bits per heavy atom. The number of rotatable bonds is 7. The molecule has 1 aromatic rings. The van der Waals surface area contributed by atoms with Crippen molar-refractivity contribution >= 4 is 35.8 Å². The van der Waals surface area contributed by atoms with Gasteiger partial charge >= 0.3 is 0 Å². The van der Waals surface area contributed by atoms with Gasteiger partial charge in [-0.25, -0.2) is 4.99 Å². The number of carbonyl (C=O) groups is 1. The van der Waals surface area contributed by atoms with Gasteiger partial charge in [-0.3, -0.25) is 4.79 Å². The van der Waals surface area contributed by atoms with Gasteiger partial charge in [0, 0.05) is 19.1 Å². The lowest BCUT2D eigenvalue weighted by atomic mass is 10.2. The van der Waals surface area contributed by atoms with Crippen molar-refractivity contribution in [2.75, 3.05) is 20.2 Å². The first-order valence-corrected chi connectivity index (χ1v) is 8.65. The number of aliphatic imine (C=N–C) groups is 1. The molecule has 140 valence electrons. The fourth-order valence-electron chi connectivity index (χ4n) is 2.73. The molecule has 0 saturated heterocycles. The van der Waals surface area contributed by atoms with Crippen molar-refractivity contribution < 1.29 is 9.53 Å². The Morgan fingerprint density at radius 3 is 2.48 bits per heavy atom. The molecule has 1 aromatic carbocycles. The highest BCUT2D eigenvalue weighted by atomic mass is 127. The van der Waals surface area contributed by atoms with Crippen LogP contribution in [-0.4, -0.2) is 38.1 Å². The van der Waals surface area contributed by atoms with E-state index in [-0.39, 0.29) is 36.4 Å². The van der Waals surface area contributed by atoms with Crippen molar-refractivity contribution in [3.8, 4) is 5.75 Å². The Kier molecular flexibility index (Phi) is 10.3. The second-order valence-corrected chi connectivity index (χ2v) is 5.95. The predicted molar refractivity (Wildman–Crippen MR) is 112 cm³/mol. The van der Waals surface area contributed by atoms with Gasteiger partial charge in [-0.1, -0.05) is 25.0 Å². The van der Waals surface area contributed by atoms with Crippen molar-refractivity contribution in [1.29, 1.82) is 0 Å². The summed E-state index contributed by atoms with van der Waals surface area (Å²) in [6.45, 7) is 3.42. The summed E-state index contributed by atoms with van der Waals surface area (Å²) < 4.78 is 5.12. The second kappa shape index (κ2) is 11.9. The van der Waals surface area contributed by atoms with Gasteiger partial charge in [-0.15, -0.1) is 24.0 Å². The zero-order chi connectivity index (χ0) is 17.2. The Bertz CT molecular complexity index is 543. The number of methoxy groups -OCH3 is 1. The summed E-state index contributed by atoms with van der Waals surface area (Å²) in [5.74, 6) is 1.45. The molecule has 7 heteroatoms. The fraction of sp³-hybridized carbons (Fsp3) is 0.556. The number of benzene rings is 1. The predicted octanol–water partition coefficient (Wildman–Crippen LogP) is 2.43. The Morgan fingerprint density at radius 1 is 1.20 bits per heavy atom. The molecule has 0 heterocycles. The van der Waals surface area contributed by atoms with E-state index < -0.39 is 0 Å². The van der Waals surface area contributed by atoms with Crippen molar-refractivity contribution in [2.45, 2.75) is 45.2 Å². The van der Waals surface area contributed by atoms with Crippen LogP contribution >= 0.6 is 24.0 Å². The van der Waals surface area contributed by atoms with E-state index in [1.807, 2.05) is 31.2 Å². The first-order valence-electron chi connectivity index (χ1n) is 8.65. The van der Waals surface area contributed by atoms with Crippen molar-refractivity contribution in [2.24, 2.45) is 4.99 Å².